The Morgan fingerprint density at radius 3 is 2.71 bits per heavy atom. The van der Waals surface area contributed by atoms with Gasteiger partial charge in [0.25, 0.3) is 11.8 Å². The van der Waals surface area contributed by atoms with Crippen molar-refractivity contribution in [1.29, 1.82) is 0 Å². The first kappa shape index (κ1) is 17.9. The van der Waals surface area contributed by atoms with Crippen LogP contribution in [0.2, 0.25) is 5.02 Å². The van der Waals surface area contributed by atoms with Crippen molar-refractivity contribution < 1.29 is 18.0 Å². The SMILES string of the molecule is Cc1ccc(Cl)cc1C(=O)Nc1cc(F)cc(-c2nnc(-c3ccco3)o2)c1. The molecule has 0 aliphatic heterocycles. The molecular formula is C20H13ClFN3O3. The summed E-state index contributed by atoms with van der Waals surface area (Å²) in [4.78, 5) is 12.5. The van der Waals surface area contributed by atoms with Crippen molar-refractivity contribution >= 4 is 23.2 Å². The fourth-order valence-corrected chi connectivity index (χ4v) is 2.83. The molecule has 0 spiro atoms. The Morgan fingerprint density at radius 2 is 1.93 bits per heavy atom. The van der Waals surface area contributed by atoms with Gasteiger partial charge in [-0.1, -0.05) is 17.7 Å². The predicted molar refractivity (Wildman–Crippen MR) is 102 cm³/mol. The van der Waals surface area contributed by atoms with Crippen LogP contribution in [0.1, 0.15) is 15.9 Å². The first-order chi connectivity index (χ1) is 13.5. The molecule has 0 aliphatic rings. The molecule has 0 saturated carbocycles. The van der Waals surface area contributed by atoms with Crippen molar-refractivity contribution in [3.05, 3.63) is 76.8 Å². The minimum absolute atomic E-state index is 0.0975. The lowest BCUT2D eigenvalue weighted by atomic mass is 10.1. The zero-order valence-electron chi connectivity index (χ0n) is 14.6. The number of carbonyl (C=O) groups is 1. The Balaban J connectivity index is 1.62. The number of aryl methyl sites for hydroxylation is 1. The minimum atomic E-state index is -0.562. The zero-order valence-corrected chi connectivity index (χ0v) is 15.3. The molecular weight excluding hydrogens is 385 g/mol. The van der Waals surface area contributed by atoms with Gasteiger partial charge in [-0.3, -0.25) is 4.79 Å². The maximum absolute atomic E-state index is 14.1. The molecule has 0 atom stereocenters. The molecule has 140 valence electrons. The molecule has 8 heteroatoms. The van der Waals surface area contributed by atoms with E-state index < -0.39 is 11.7 Å². The highest BCUT2D eigenvalue weighted by Crippen LogP contribution is 2.27. The topological polar surface area (TPSA) is 81.2 Å². The van der Waals surface area contributed by atoms with Crippen molar-refractivity contribution in [3.8, 4) is 23.1 Å². The van der Waals surface area contributed by atoms with Gasteiger partial charge in [0.2, 0.25) is 5.89 Å². The standard InChI is InChI=1S/C20H13ClFN3O3/c1-11-4-5-13(21)9-16(11)18(26)23-15-8-12(7-14(22)10-15)19-24-25-20(28-19)17-3-2-6-27-17/h2-10H,1H3,(H,23,26). The third-order valence-corrected chi connectivity index (χ3v) is 4.24. The number of furan rings is 1. The van der Waals surface area contributed by atoms with Gasteiger partial charge < -0.3 is 14.2 Å². The van der Waals surface area contributed by atoms with Gasteiger partial charge in [-0.05, 0) is 55.0 Å². The molecule has 2 heterocycles. The van der Waals surface area contributed by atoms with E-state index >= 15 is 0 Å². The monoisotopic (exact) mass is 397 g/mol. The van der Waals surface area contributed by atoms with Gasteiger partial charge >= 0.3 is 0 Å². The Kier molecular flexibility index (Phi) is 4.67. The maximum atomic E-state index is 14.1. The molecule has 0 bridgehead atoms. The Morgan fingerprint density at radius 1 is 1.11 bits per heavy atom. The summed E-state index contributed by atoms with van der Waals surface area (Å²) in [5.41, 5.74) is 1.72. The lowest BCUT2D eigenvalue weighted by molar-refractivity contribution is 0.102. The number of hydrogen-bond donors (Lipinski definition) is 1. The first-order valence-corrected chi connectivity index (χ1v) is 8.63. The molecule has 0 saturated heterocycles. The van der Waals surface area contributed by atoms with Crippen molar-refractivity contribution in [2.24, 2.45) is 0 Å². The minimum Gasteiger partial charge on any atom is -0.459 e. The average molecular weight is 398 g/mol. The van der Waals surface area contributed by atoms with Crippen LogP contribution in [0.5, 0.6) is 0 Å². The number of nitrogens with zero attached hydrogens (tertiary/aromatic N) is 2. The van der Waals surface area contributed by atoms with Crippen molar-refractivity contribution in [2.75, 3.05) is 5.32 Å². The van der Waals surface area contributed by atoms with Gasteiger partial charge in [-0.2, -0.15) is 0 Å². The lowest BCUT2D eigenvalue weighted by Gasteiger charge is -2.09. The molecule has 0 unspecified atom stereocenters. The fraction of sp³-hybridized carbons (Fsp3) is 0.0500. The number of halogens is 2. The van der Waals surface area contributed by atoms with Crippen LogP contribution in [-0.4, -0.2) is 16.1 Å². The third-order valence-electron chi connectivity index (χ3n) is 4.00. The smallest absolute Gasteiger partial charge is 0.283 e. The molecule has 28 heavy (non-hydrogen) atoms. The van der Waals surface area contributed by atoms with Crippen molar-refractivity contribution in [1.82, 2.24) is 10.2 Å². The summed E-state index contributed by atoms with van der Waals surface area (Å²) in [7, 11) is 0. The Hall–Kier alpha value is -3.45. The Labute approximate surface area is 164 Å². The van der Waals surface area contributed by atoms with Crippen LogP contribution in [0.3, 0.4) is 0 Å². The molecule has 1 amide bonds. The van der Waals surface area contributed by atoms with Gasteiger partial charge in [0.15, 0.2) is 5.76 Å². The average Bonchev–Trinajstić information content (AvgIpc) is 3.34. The van der Waals surface area contributed by atoms with Gasteiger partial charge in [0, 0.05) is 21.8 Å². The number of anilines is 1. The largest absolute Gasteiger partial charge is 0.459 e. The summed E-state index contributed by atoms with van der Waals surface area (Å²) in [6.45, 7) is 1.79. The summed E-state index contributed by atoms with van der Waals surface area (Å²) in [5.74, 6) is -0.295. The van der Waals surface area contributed by atoms with Gasteiger partial charge in [-0.25, -0.2) is 4.39 Å². The van der Waals surface area contributed by atoms with Gasteiger partial charge in [0.1, 0.15) is 5.82 Å². The van der Waals surface area contributed by atoms with E-state index in [0.717, 1.165) is 5.56 Å². The molecule has 4 aromatic rings. The number of rotatable bonds is 4. The van der Waals surface area contributed by atoms with Crippen LogP contribution in [0.4, 0.5) is 10.1 Å². The molecule has 2 aromatic carbocycles. The molecule has 2 aromatic heterocycles. The lowest BCUT2D eigenvalue weighted by Crippen LogP contribution is -2.13. The van der Waals surface area contributed by atoms with E-state index in [9.17, 15) is 9.18 Å². The summed E-state index contributed by atoms with van der Waals surface area (Å²) < 4.78 is 24.8. The maximum Gasteiger partial charge on any atom is 0.283 e. The molecule has 0 aliphatic carbocycles. The number of nitrogens with one attached hydrogen (secondary N) is 1. The highest BCUT2D eigenvalue weighted by molar-refractivity contribution is 6.31. The zero-order chi connectivity index (χ0) is 19.7. The molecule has 0 radical (unpaired) electrons. The highest BCUT2D eigenvalue weighted by atomic mass is 35.5. The Bertz CT molecular complexity index is 1160. The number of amides is 1. The molecule has 1 N–H and O–H groups in total. The number of hydrogen-bond acceptors (Lipinski definition) is 5. The molecule has 4 rings (SSSR count). The van der Waals surface area contributed by atoms with Crippen LogP contribution in [0, 0.1) is 12.7 Å². The van der Waals surface area contributed by atoms with E-state index in [1.54, 1.807) is 43.3 Å². The van der Waals surface area contributed by atoms with Gasteiger partial charge in [0.05, 0.1) is 6.26 Å². The summed E-state index contributed by atoms with van der Waals surface area (Å²) in [5, 5.41) is 10.9. The van der Waals surface area contributed by atoms with Crippen LogP contribution in [-0.2, 0) is 0 Å². The first-order valence-electron chi connectivity index (χ1n) is 8.25. The van der Waals surface area contributed by atoms with E-state index in [1.807, 2.05) is 0 Å². The van der Waals surface area contributed by atoms with Crippen LogP contribution >= 0.6 is 11.6 Å². The number of aromatic nitrogens is 2. The molecule has 6 nitrogen and oxygen atoms in total. The second-order valence-electron chi connectivity index (χ2n) is 6.03. The van der Waals surface area contributed by atoms with E-state index in [-0.39, 0.29) is 17.5 Å². The predicted octanol–water partition coefficient (Wildman–Crippen LogP) is 5.35. The van der Waals surface area contributed by atoms with E-state index in [2.05, 4.69) is 15.5 Å². The van der Waals surface area contributed by atoms with Crippen molar-refractivity contribution in [3.63, 3.8) is 0 Å². The summed E-state index contributed by atoms with van der Waals surface area (Å²) in [6.07, 6.45) is 1.48. The van der Waals surface area contributed by atoms with Crippen LogP contribution < -0.4 is 5.32 Å². The second-order valence-corrected chi connectivity index (χ2v) is 6.47. The summed E-state index contributed by atoms with van der Waals surface area (Å²) >= 11 is 5.96. The van der Waals surface area contributed by atoms with Gasteiger partial charge in [-0.15, -0.1) is 10.2 Å². The fourth-order valence-electron chi connectivity index (χ4n) is 2.66. The van der Waals surface area contributed by atoms with E-state index in [4.69, 9.17) is 20.4 Å². The van der Waals surface area contributed by atoms with E-state index in [1.165, 1.54) is 18.4 Å². The quantitative estimate of drug-likeness (QED) is 0.502. The molecule has 0 fully saturated rings. The third kappa shape index (κ3) is 3.65. The summed E-state index contributed by atoms with van der Waals surface area (Å²) in [6, 6.07) is 12.3. The highest BCUT2D eigenvalue weighted by Gasteiger charge is 2.16. The van der Waals surface area contributed by atoms with Crippen molar-refractivity contribution in [2.45, 2.75) is 6.92 Å². The van der Waals surface area contributed by atoms with E-state index in [0.29, 0.717) is 21.9 Å². The normalized spacial score (nSPS) is 10.8. The number of benzene rings is 2. The second kappa shape index (κ2) is 7.28. The van der Waals surface area contributed by atoms with Crippen LogP contribution in [0.15, 0.2) is 63.6 Å². The van der Waals surface area contributed by atoms with Crippen LogP contribution in [0.25, 0.3) is 23.1 Å². The number of carbonyl (C=O) groups excluding carboxylic acids is 1.